The van der Waals surface area contributed by atoms with Crippen molar-refractivity contribution in [2.45, 2.75) is 5.92 Å². The third kappa shape index (κ3) is 2.39. The lowest BCUT2D eigenvalue weighted by molar-refractivity contribution is 0.408. The number of aromatic nitrogens is 2. The maximum Gasteiger partial charge on any atom is 0.123 e. The highest BCUT2D eigenvalue weighted by Crippen LogP contribution is 2.37. The summed E-state index contributed by atoms with van der Waals surface area (Å²) >= 11 is 3.54. The molecule has 0 aliphatic carbocycles. The van der Waals surface area contributed by atoms with E-state index in [1.807, 2.05) is 36.7 Å². The summed E-state index contributed by atoms with van der Waals surface area (Å²) in [6.45, 7) is 0. The van der Waals surface area contributed by atoms with Crippen LogP contribution >= 0.6 is 15.9 Å². The van der Waals surface area contributed by atoms with Gasteiger partial charge in [-0.2, -0.15) is 0 Å². The largest absolute Gasteiger partial charge is 0.496 e. The van der Waals surface area contributed by atoms with Crippen molar-refractivity contribution >= 4 is 15.9 Å². The molecular formula is C16H15BrN2O. The van der Waals surface area contributed by atoms with Gasteiger partial charge in [0.2, 0.25) is 0 Å². The SMILES string of the molecule is COc1ccc(Br)cc1C(c1ccc[nH]1)c1ccc[nH]1. The maximum atomic E-state index is 5.53. The molecule has 0 saturated carbocycles. The summed E-state index contributed by atoms with van der Waals surface area (Å²) in [6, 6.07) is 14.3. The monoisotopic (exact) mass is 330 g/mol. The highest BCUT2D eigenvalue weighted by atomic mass is 79.9. The van der Waals surface area contributed by atoms with Gasteiger partial charge in [0.05, 0.1) is 13.0 Å². The van der Waals surface area contributed by atoms with Crippen molar-refractivity contribution in [3.63, 3.8) is 0 Å². The van der Waals surface area contributed by atoms with Crippen LogP contribution in [0.5, 0.6) is 5.75 Å². The summed E-state index contributed by atoms with van der Waals surface area (Å²) in [4.78, 5) is 6.61. The lowest BCUT2D eigenvalue weighted by Crippen LogP contribution is -2.06. The van der Waals surface area contributed by atoms with Gasteiger partial charge in [0.1, 0.15) is 5.75 Å². The van der Waals surface area contributed by atoms with E-state index >= 15 is 0 Å². The Balaban J connectivity index is 2.18. The van der Waals surface area contributed by atoms with Gasteiger partial charge in [0, 0.05) is 33.8 Å². The first-order chi connectivity index (χ1) is 9.79. The van der Waals surface area contributed by atoms with Gasteiger partial charge in [-0.05, 0) is 42.5 Å². The number of nitrogens with one attached hydrogen (secondary N) is 2. The number of H-pyrrole nitrogens is 2. The van der Waals surface area contributed by atoms with Gasteiger partial charge in [-0.15, -0.1) is 0 Å². The first-order valence-electron chi connectivity index (χ1n) is 6.39. The van der Waals surface area contributed by atoms with E-state index in [2.05, 4.69) is 44.1 Å². The molecule has 0 saturated heterocycles. The van der Waals surface area contributed by atoms with Gasteiger partial charge in [-0.3, -0.25) is 0 Å². The summed E-state index contributed by atoms with van der Waals surface area (Å²) in [7, 11) is 1.70. The average Bonchev–Trinajstić information content (AvgIpc) is 3.13. The molecule has 2 heterocycles. The molecule has 102 valence electrons. The molecule has 0 fully saturated rings. The maximum absolute atomic E-state index is 5.53. The van der Waals surface area contributed by atoms with Crippen molar-refractivity contribution < 1.29 is 4.74 Å². The molecule has 0 aliphatic rings. The lowest BCUT2D eigenvalue weighted by atomic mass is 9.92. The zero-order valence-electron chi connectivity index (χ0n) is 11.1. The normalized spacial score (nSPS) is 10.9. The standard InChI is InChI=1S/C16H15BrN2O/c1-20-15-7-6-11(17)10-12(15)16(13-4-2-8-18-13)14-5-3-9-19-14/h2-10,16,18-19H,1H3. The summed E-state index contributed by atoms with van der Waals surface area (Å²) in [5, 5.41) is 0. The lowest BCUT2D eigenvalue weighted by Gasteiger charge is -2.18. The third-order valence-corrected chi connectivity index (χ3v) is 3.86. The van der Waals surface area contributed by atoms with Crippen LogP contribution in [0.2, 0.25) is 0 Å². The van der Waals surface area contributed by atoms with Gasteiger partial charge < -0.3 is 14.7 Å². The molecule has 0 bridgehead atoms. The van der Waals surface area contributed by atoms with Gasteiger partial charge in [-0.25, -0.2) is 0 Å². The molecule has 0 amide bonds. The van der Waals surface area contributed by atoms with Crippen molar-refractivity contribution in [1.29, 1.82) is 0 Å². The molecule has 3 aromatic rings. The number of methoxy groups -OCH3 is 1. The molecule has 1 aromatic carbocycles. The molecule has 0 spiro atoms. The predicted molar refractivity (Wildman–Crippen MR) is 83.2 cm³/mol. The molecule has 0 atom stereocenters. The molecule has 4 heteroatoms. The molecule has 2 aromatic heterocycles. The number of ether oxygens (including phenoxy) is 1. The van der Waals surface area contributed by atoms with E-state index in [-0.39, 0.29) is 5.92 Å². The van der Waals surface area contributed by atoms with Crippen molar-refractivity contribution in [2.75, 3.05) is 7.11 Å². The first-order valence-corrected chi connectivity index (χ1v) is 7.19. The van der Waals surface area contributed by atoms with E-state index in [1.165, 1.54) is 0 Å². The van der Waals surface area contributed by atoms with Crippen LogP contribution < -0.4 is 4.74 Å². The Bertz CT molecular complexity index is 640. The number of rotatable bonds is 4. The number of halogens is 1. The van der Waals surface area contributed by atoms with Gasteiger partial charge >= 0.3 is 0 Å². The fraction of sp³-hybridized carbons (Fsp3) is 0.125. The Kier molecular flexibility index (Phi) is 3.65. The van der Waals surface area contributed by atoms with Crippen LogP contribution in [0.1, 0.15) is 22.9 Å². The second-order valence-electron chi connectivity index (χ2n) is 4.57. The van der Waals surface area contributed by atoms with Crippen molar-refractivity contribution in [1.82, 2.24) is 9.97 Å². The molecule has 0 unspecified atom stereocenters. The number of hydrogen-bond acceptors (Lipinski definition) is 1. The van der Waals surface area contributed by atoms with Crippen LogP contribution in [-0.2, 0) is 0 Å². The molecular weight excluding hydrogens is 316 g/mol. The van der Waals surface area contributed by atoms with Crippen molar-refractivity contribution in [3.05, 3.63) is 76.3 Å². The molecule has 0 radical (unpaired) electrons. The quantitative estimate of drug-likeness (QED) is 0.735. The van der Waals surface area contributed by atoms with Crippen LogP contribution in [0.4, 0.5) is 0 Å². The molecule has 3 nitrogen and oxygen atoms in total. The minimum absolute atomic E-state index is 0.0902. The highest BCUT2D eigenvalue weighted by molar-refractivity contribution is 9.10. The summed E-state index contributed by atoms with van der Waals surface area (Å²) in [5.74, 6) is 0.967. The molecule has 3 rings (SSSR count). The van der Waals surface area contributed by atoms with Gasteiger partial charge in [0.25, 0.3) is 0 Å². The summed E-state index contributed by atoms with van der Waals surface area (Å²) in [5.41, 5.74) is 3.37. The molecule has 20 heavy (non-hydrogen) atoms. The second-order valence-corrected chi connectivity index (χ2v) is 5.49. The van der Waals surface area contributed by atoms with E-state index in [1.54, 1.807) is 7.11 Å². The van der Waals surface area contributed by atoms with Crippen molar-refractivity contribution in [3.8, 4) is 5.75 Å². The fourth-order valence-corrected chi connectivity index (χ4v) is 2.86. The van der Waals surface area contributed by atoms with E-state index < -0.39 is 0 Å². The second kappa shape index (κ2) is 5.59. The van der Waals surface area contributed by atoms with Crippen LogP contribution in [0.25, 0.3) is 0 Å². The van der Waals surface area contributed by atoms with E-state index in [0.29, 0.717) is 0 Å². The van der Waals surface area contributed by atoms with E-state index in [4.69, 9.17) is 4.74 Å². The van der Waals surface area contributed by atoms with Crippen LogP contribution in [0.3, 0.4) is 0 Å². The summed E-state index contributed by atoms with van der Waals surface area (Å²) < 4.78 is 6.57. The van der Waals surface area contributed by atoms with Crippen LogP contribution in [0.15, 0.2) is 59.3 Å². The Labute approximate surface area is 126 Å². The molecule has 0 aliphatic heterocycles. The topological polar surface area (TPSA) is 40.8 Å². The number of benzene rings is 1. The van der Waals surface area contributed by atoms with Gasteiger partial charge in [-0.1, -0.05) is 15.9 Å². The van der Waals surface area contributed by atoms with Crippen LogP contribution in [0, 0.1) is 0 Å². The smallest absolute Gasteiger partial charge is 0.123 e. The van der Waals surface area contributed by atoms with Gasteiger partial charge in [0.15, 0.2) is 0 Å². The van der Waals surface area contributed by atoms with E-state index in [9.17, 15) is 0 Å². The third-order valence-electron chi connectivity index (χ3n) is 3.37. The Hall–Kier alpha value is -1.94. The highest BCUT2D eigenvalue weighted by Gasteiger charge is 2.22. The molecule has 2 N–H and O–H groups in total. The zero-order valence-corrected chi connectivity index (χ0v) is 12.6. The predicted octanol–water partition coefficient (Wildman–Crippen LogP) is 4.29. The number of hydrogen-bond donors (Lipinski definition) is 2. The minimum Gasteiger partial charge on any atom is -0.496 e. The van der Waals surface area contributed by atoms with Crippen molar-refractivity contribution in [2.24, 2.45) is 0 Å². The number of aromatic amines is 2. The first kappa shape index (κ1) is 13.1. The van der Waals surface area contributed by atoms with Crippen LogP contribution in [-0.4, -0.2) is 17.1 Å². The Morgan fingerprint density at radius 1 is 1.00 bits per heavy atom. The van der Waals surface area contributed by atoms with E-state index in [0.717, 1.165) is 27.2 Å². The Morgan fingerprint density at radius 2 is 1.65 bits per heavy atom. The Morgan fingerprint density at radius 3 is 2.15 bits per heavy atom. The minimum atomic E-state index is 0.0902. The fourth-order valence-electron chi connectivity index (χ4n) is 2.48. The average molecular weight is 331 g/mol. The summed E-state index contributed by atoms with van der Waals surface area (Å²) in [6.07, 6.45) is 3.88. The zero-order chi connectivity index (χ0) is 13.9.